The highest BCUT2D eigenvalue weighted by Crippen LogP contribution is 2.25. The molecule has 0 spiro atoms. The Labute approximate surface area is 151 Å². The van der Waals surface area contributed by atoms with E-state index < -0.39 is 0 Å². The van der Waals surface area contributed by atoms with Gasteiger partial charge in [0.1, 0.15) is 22.8 Å². The van der Waals surface area contributed by atoms with Gasteiger partial charge in [-0.25, -0.2) is 9.97 Å². The Morgan fingerprint density at radius 1 is 0.962 bits per heavy atom. The van der Waals surface area contributed by atoms with Crippen LogP contribution in [0.3, 0.4) is 0 Å². The normalized spacial score (nSPS) is 10.7. The highest BCUT2D eigenvalue weighted by Gasteiger charge is 2.08. The van der Waals surface area contributed by atoms with E-state index in [0.29, 0.717) is 0 Å². The summed E-state index contributed by atoms with van der Waals surface area (Å²) in [5.41, 5.74) is 2.80. The van der Waals surface area contributed by atoms with E-state index >= 15 is 0 Å². The van der Waals surface area contributed by atoms with Gasteiger partial charge in [0.2, 0.25) is 5.95 Å². The Morgan fingerprint density at radius 2 is 1.69 bits per heavy atom. The molecule has 2 N–H and O–H groups in total. The van der Waals surface area contributed by atoms with Crippen LogP contribution in [-0.2, 0) is 7.05 Å². The second-order valence-electron chi connectivity index (χ2n) is 5.87. The minimum absolute atomic E-state index is 0.764. The number of aromatic nitrogens is 3. The van der Waals surface area contributed by atoms with E-state index in [-0.39, 0.29) is 0 Å². The lowest BCUT2D eigenvalue weighted by molar-refractivity contribution is 0.483. The summed E-state index contributed by atoms with van der Waals surface area (Å²) in [6.07, 6.45) is 1.77. The first kappa shape index (κ1) is 16.0. The van der Waals surface area contributed by atoms with Gasteiger partial charge in [0.05, 0.1) is 11.7 Å². The minimum Gasteiger partial charge on any atom is -0.457 e. The molecule has 0 aliphatic carbocycles. The van der Waals surface area contributed by atoms with Crippen LogP contribution in [0, 0.1) is 0 Å². The van der Waals surface area contributed by atoms with Gasteiger partial charge in [0.25, 0.3) is 0 Å². The van der Waals surface area contributed by atoms with E-state index in [4.69, 9.17) is 4.74 Å². The number of hydrogen-bond acceptors (Lipinski definition) is 5. The Bertz CT molecular complexity index is 1030. The van der Waals surface area contributed by atoms with Crippen molar-refractivity contribution in [1.82, 2.24) is 14.5 Å². The molecule has 2 aromatic carbocycles. The molecule has 0 bridgehead atoms. The molecule has 0 radical (unpaired) electrons. The monoisotopic (exact) mass is 345 g/mol. The molecule has 0 unspecified atom stereocenters. The number of anilines is 3. The fourth-order valence-corrected chi connectivity index (χ4v) is 2.77. The molecule has 0 saturated carbocycles. The number of ether oxygens (including phenoxy) is 1. The van der Waals surface area contributed by atoms with Crippen LogP contribution in [0.4, 0.5) is 17.5 Å². The summed E-state index contributed by atoms with van der Waals surface area (Å²) < 4.78 is 7.81. The van der Waals surface area contributed by atoms with Crippen LogP contribution in [-0.4, -0.2) is 21.6 Å². The summed E-state index contributed by atoms with van der Waals surface area (Å²) in [7, 11) is 3.83. The summed E-state index contributed by atoms with van der Waals surface area (Å²) in [4.78, 5) is 8.91. The van der Waals surface area contributed by atoms with Gasteiger partial charge in [-0.2, -0.15) is 0 Å². The van der Waals surface area contributed by atoms with Gasteiger partial charge < -0.3 is 19.9 Å². The van der Waals surface area contributed by atoms with Crippen LogP contribution in [0.5, 0.6) is 11.5 Å². The minimum atomic E-state index is 0.764. The maximum Gasteiger partial charge on any atom is 0.203 e. The van der Waals surface area contributed by atoms with Gasteiger partial charge in [0, 0.05) is 25.8 Å². The lowest BCUT2D eigenvalue weighted by Gasteiger charge is -2.08. The van der Waals surface area contributed by atoms with Crippen molar-refractivity contribution in [2.45, 2.75) is 0 Å². The standard InChI is InChI=1S/C20H19N5O/c1-21-20-24-17-13-22-19(12-18(17)25(20)2)23-14-8-10-16(11-9-14)26-15-6-4-3-5-7-15/h3-13H,1-2H3,(H,21,24)(H,22,23). The molecular formula is C20H19N5O. The molecule has 130 valence electrons. The van der Waals surface area contributed by atoms with E-state index in [2.05, 4.69) is 20.6 Å². The van der Waals surface area contributed by atoms with Gasteiger partial charge >= 0.3 is 0 Å². The summed E-state index contributed by atoms with van der Waals surface area (Å²) in [5, 5.41) is 6.38. The summed E-state index contributed by atoms with van der Waals surface area (Å²) in [5.74, 6) is 3.17. The van der Waals surface area contributed by atoms with Crippen LogP contribution in [0.2, 0.25) is 0 Å². The number of hydrogen-bond donors (Lipinski definition) is 2. The second-order valence-corrected chi connectivity index (χ2v) is 5.87. The second kappa shape index (κ2) is 6.76. The molecular weight excluding hydrogens is 326 g/mol. The number of imidazole rings is 1. The van der Waals surface area contributed by atoms with Crippen molar-refractivity contribution in [2.24, 2.45) is 7.05 Å². The van der Waals surface area contributed by atoms with Gasteiger partial charge in [-0.05, 0) is 36.4 Å². The molecule has 26 heavy (non-hydrogen) atoms. The predicted octanol–water partition coefficient (Wildman–Crippen LogP) is 4.55. The van der Waals surface area contributed by atoms with Gasteiger partial charge in [-0.3, -0.25) is 0 Å². The van der Waals surface area contributed by atoms with E-state index in [1.165, 1.54) is 0 Å². The number of fused-ring (bicyclic) bond motifs is 1. The number of pyridine rings is 1. The van der Waals surface area contributed by atoms with Gasteiger partial charge in [-0.1, -0.05) is 18.2 Å². The molecule has 0 fully saturated rings. The van der Waals surface area contributed by atoms with Crippen LogP contribution in [0.1, 0.15) is 0 Å². The summed E-state index contributed by atoms with van der Waals surface area (Å²) in [6.45, 7) is 0. The Balaban J connectivity index is 1.52. The van der Waals surface area contributed by atoms with Crippen molar-refractivity contribution < 1.29 is 4.74 Å². The van der Waals surface area contributed by atoms with Gasteiger partial charge in [0.15, 0.2) is 0 Å². The van der Waals surface area contributed by atoms with E-state index in [1.807, 2.05) is 79.3 Å². The highest BCUT2D eigenvalue weighted by molar-refractivity contribution is 5.81. The van der Waals surface area contributed by atoms with Crippen LogP contribution in [0.15, 0.2) is 66.9 Å². The third-order valence-electron chi connectivity index (χ3n) is 4.10. The zero-order valence-corrected chi connectivity index (χ0v) is 14.6. The smallest absolute Gasteiger partial charge is 0.203 e. The molecule has 0 amide bonds. The number of nitrogens with one attached hydrogen (secondary N) is 2. The average molecular weight is 345 g/mol. The van der Waals surface area contributed by atoms with Crippen LogP contribution < -0.4 is 15.4 Å². The molecule has 0 saturated heterocycles. The van der Waals surface area contributed by atoms with Crippen molar-refractivity contribution in [3.05, 3.63) is 66.9 Å². The van der Waals surface area contributed by atoms with E-state index in [9.17, 15) is 0 Å². The molecule has 2 heterocycles. The summed E-state index contributed by atoms with van der Waals surface area (Å²) >= 11 is 0. The molecule has 0 aliphatic heterocycles. The fraction of sp³-hybridized carbons (Fsp3) is 0.100. The number of para-hydroxylation sites is 1. The molecule has 2 aromatic heterocycles. The Morgan fingerprint density at radius 3 is 2.42 bits per heavy atom. The Kier molecular flexibility index (Phi) is 4.15. The highest BCUT2D eigenvalue weighted by atomic mass is 16.5. The third-order valence-corrected chi connectivity index (χ3v) is 4.10. The lowest BCUT2D eigenvalue weighted by atomic mass is 10.3. The SMILES string of the molecule is CNc1nc2cnc(Nc3ccc(Oc4ccccc4)cc3)cc2n1C. The van der Waals surface area contributed by atoms with Crippen LogP contribution in [0.25, 0.3) is 11.0 Å². The first-order chi connectivity index (χ1) is 12.7. The topological polar surface area (TPSA) is 64.0 Å². The first-order valence-electron chi connectivity index (χ1n) is 8.33. The molecule has 6 heteroatoms. The van der Waals surface area contributed by atoms with Crippen molar-refractivity contribution in [1.29, 1.82) is 0 Å². The quantitative estimate of drug-likeness (QED) is 0.556. The zero-order valence-electron chi connectivity index (χ0n) is 14.6. The maximum atomic E-state index is 5.81. The van der Waals surface area contributed by atoms with Crippen molar-refractivity contribution in [3.63, 3.8) is 0 Å². The molecule has 6 nitrogen and oxygen atoms in total. The molecule has 4 rings (SSSR count). The predicted molar refractivity (Wildman–Crippen MR) is 104 cm³/mol. The van der Waals surface area contributed by atoms with E-state index in [1.54, 1.807) is 6.20 Å². The molecule has 4 aromatic rings. The number of aryl methyl sites for hydroxylation is 1. The maximum absolute atomic E-state index is 5.81. The number of nitrogens with zero attached hydrogens (tertiary/aromatic N) is 3. The number of rotatable bonds is 5. The molecule has 0 atom stereocenters. The first-order valence-corrected chi connectivity index (χ1v) is 8.33. The third kappa shape index (κ3) is 3.17. The Hall–Kier alpha value is -3.54. The summed E-state index contributed by atoms with van der Waals surface area (Å²) in [6, 6.07) is 19.5. The van der Waals surface area contributed by atoms with Crippen LogP contribution >= 0.6 is 0 Å². The van der Waals surface area contributed by atoms with Crippen molar-refractivity contribution >= 4 is 28.5 Å². The zero-order chi connectivity index (χ0) is 17.9. The number of benzene rings is 2. The van der Waals surface area contributed by atoms with Crippen molar-refractivity contribution in [3.8, 4) is 11.5 Å². The fourth-order valence-electron chi connectivity index (χ4n) is 2.77. The molecule has 0 aliphatic rings. The van der Waals surface area contributed by atoms with Crippen molar-refractivity contribution in [2.75, 3.05) is 17.7 Å². The average Bonchev–Trinajstić information content (AvgIpc) is 3.00. The van der Waals surface area contributed by atoms with E-state index in [0.717, 1.165) is 40.0 Å². The lowest BCUT2D eigenvalue weighted by Crippen LogP contribution is -1.98. The van der Waals surface area contributed by atoms with Gasteiger partial charge in [-0.15, -0.1) is 0 Å². The largest absolute Gasteiger partial charge is 0.457 e.